The summed E-state index contributed by atoms with van der Waals surface area (Å²) in [4.78, 5) is 13.1. The first-order valence-corrected chi connectivity index (χ1v) is 7.49. The minimum absolute atomic E-state index is 0.212. The van der Waals surface area contributed by atoms with E-state index in [-0.39, 0.29) is 5.56 Å². The number of aromatic carboxylic acids is 1. The van der Waals surface area contributed by atoms with Crippen LogP contribution in [-0.4, -0.2) is 18.1 Å². The van der Waals surface area contributed by atoms with Gasteiger partial charge in [-0.3, -0.25) is 0 Å². The highest BCUT2D eigenvalue weighted by molar-refractivity contribution is 9.11. The van der Waals surface area contributed by atoms with Crippen LogP contribution in [0.1, 0.15) is 15.9 Å². The lowest BCUT2D eigenvalue weighted by atomic mass is 10.1. The molecule has 0 fully saturated rings. The van der Waals surface area contributed by atoms with E-state index in [1.165, 1.54) is 6.07 Å². The van der Waals surface area contributed by atoms with Crippen molar-refractivity contribution in [3.63, 3.8) is 0 Å². The van der Waals surface area contributed by atoms with E-state index >= 15 is 0 Å². The van der Waals surface area contributed by atoms with E-state index in [2.05, 4.69) is 15.9 Å². The van der Waals surface area contributed by atoms with Crippen molar-refractivity contribution in [2.75, 3.05) is 11.9 Å². The Hall–Kier alpha value is -1.04. The molecule has 0 radical (unpaired) electrons. The maximum absolute atomic E-state index is 11.2. The summed E-state index contributed by atoms with van der Waals surface area (Å²) in [6.07, 6.45) is 0. The summed E-state index contributed by atoms with van der Waals surface area (Å²) in [6, 6.07) is 6.92. The molecule has 2 rings (SSSR count). The van der Waals surface area contributed by atoms with Gasteiger partial charge in [-0.15, -0.1) is 11.3 Å². The van der Waals surface area contributed by atoms with Crippen LogP contribution in [0, 0.1) is 0 Å². The summed E-state index contributed by atoms with van der Waals surface area (Å²) in [6.45, 7) is 0.643. The lowest BCUT2D eigenvalue weighted by molar-refractivity contribution is 0.0697. The number of hydrogen-bond donors (Lipinski definition) is 1. The molecular weight excluding hydrogens is 350 g/mol. The zero-order chi connectivity index (χ0) is 14.0. The molecule has 6 heteroatoms. The molecule has 19 heavy (non-hydrogen) atoms. The second kappa shape index (κ2) is 5.94. The van der Waals surface area contributed by atoms with Crippen LogP contribution in [0.4, 0.5) is 5.69 Å². The van der Waals surface area contributed by atoms with Gasteiger partial charge in [-0.2, -0.15) is 0 Å². The normalized spacial score (nSPS) is 10.5. The summed E-state index contributed by atoms with van der Waals surface area (Å²) in [5, 5.41) is 11.7. The van der Waals surface area contributed by atoms with E-state index in [9.17, 15) is 9.90 Å². The van der Waals surface area contributed by atoms with Gasteiger partial charge in [0.1, 0.15) is 0 Å². The highest BCUT2D eigenvalue weighted by Crippen LogP contribution is 2.27. The van der Waals surface area contributed by atoms with Crippen molar-refractivity contribution in [2.24, 2.45) is 0 Å². The summed E-state index contributed by atoms with van der Waals surface area (Å²) >= 11 is 10.9. The molecule has 1 aromatic heterocycles. The molecule has 3 nitrogen and oxygen atoms in total. The fourth-order valence-corrected chi connectivity index (χ4v) is 3.17. The SMILES string of the molecule is CN(Cc1csc(Br)c1)c1ccc(Cl)cc1C(=O)O. The summed E-state index contributed by atoms with van der Waals surface area (Å²) < 4.78 is 1.06. The van der Waals surface area contributed by atoms with E-state index in [0.717, 1.165) is 9.35 Å². The van der Waals surface area contributed by atoms with Gasteiger partial charge in [0.05, 0.1) is 15.0 Å². The Bertz CT molecular complexity index is 614. The van der Waals surface area contributed by atoms with Gasteiger partial charge in [-0.05, 0) is 51.1 Å². The van der Waals surface area contributed by atoms with Crippen molar-refractivity contribution in [1.29, 1.82) is 0 Å². The number of carbonyl (C=O) groups is 1. The molecule has 0 unspecified atom stereocenters. The minimum atomic E-state index is -0.976. The zero-order valence-electron chi connectivity index (χ0n) is 10.1. The number of carboxylic acids is 1. The van der Waals surface area contributed by atoms with Gasteiger partial charge in [-0.1, -0.05) is 11.6 Å². The van der Waals surface area contributed by atoms with Crippen LogP contribution >= 0.6 is 38.9 Å². The highest BCUT2D eigenvalue weighted by Gasteiger charge is 2.14. The average molecular weight is 361 g/mol. The van der Waals surface area contributed by atoms with Crippen LogP contribution < -0.4 is 4.90 Å². The highest BCUT2D eigenvalue weighted by atomic mass is 79.9. The Balaban J connectivity index is 2.28. The molecule has 100 valence electrons. The second-order valence-electron chi connectivity index (χ2n) is 4.08. The molecule has 0 bridgehead atoms. The van der Waals surface area contributed by atoms with E-state index in [0.29, 0.717) is 17.3 Å². The number of rotatable bonds is 4. The molecule has 0 saturated carbocycles. The van der Waals surface area contributed by atoms with Crippen LogP contribution in [0.25, 0.3) is 0 Å². The van der Waals surface area contributed by atoms with Gasteiger partial charge in [0.25, 0.3) is 0 Å². The van der Waals surface area contributed by atoms with Crippen LogP contribution in [0.2, 0.25) is 5.02 Å². The quantitative estimate of drug-likeness (QED) is 0.873. The van der Waals surface area contributed by atoms with Crippen LogP contribution in [0.5, 0.6) is 0 Å². The van der Waals surface area contributed by atoms with Crippen molar-refractivity contribution < 1.29 is 9.90 Å². The molecule has 1 N–H and O–H groups in total. The molecule has 0 aliphatic rings. The third kappa shape index (κ3) is 3.49. The van der Waals surface area contributed by atoms with Gasteiger partial charge in [0.15, 0.2) is 0 Å². The van der Waals surface area contributed by atoms with E-state index in [1.807, 2.05) is 23.4 Å². The van der Waals surface area contributed by atoms with Crippen molar-refractivity contribution in [1.82, 2.24) is 0 Å². The molecule has 0 amide bonds. The monoisotopic (exact) mass is 359 g/mol. The molecule has 1 heterocycles. The Morgan fingerprint density at radius 2 is 2.21 bits per heavy atom. The maximum Gasteiger partial charge on any atom is 0.337 e. The van der Waals surface area contributed by atoms with E-state index in [1.54, 1.807) is 23.5 Å². The van der Waals surface area contributed by atoms with Crippen molar-refractivity contribution in [2.45, 2.75) is 6.54 Å². The van der Waals surface area contributed by atoms with Crippen molar-refractivity contribution >= 4 is 50.5 Å². The molecule has 0 saturated heterocycles. The summed E-state index contributed by atoms with van der Waals surface area (Å²) in [5.74, 6) is -0.976. The van der Waals surface area contributed by atoms with E-state index in [4.69, 9.17) is 11.6 Å². The number of carboxylic acid groups (broad SMARTS) is 1. The summed E-state index contributed by atoms with van der Waals surface area (Å²) in [5.41, 5.74) is 1.99. The summed E-state index contributed by atoms with van der Waals surface area (Å²) in [7, 11) is 1.86. The largest absolute Gasteiger partial charge is 0.478 e. The van der Waals surface area contributed by atoms with Crippen LogP contribution in [0.3, 0.4) is 0 Å². The first kappa shape index (κ1) is 14.4. The topological polar surface area (TPSA) is 40.5 Å². The van der Waals surface area contributed by atoms with Crippen molar-refractivity contribution in [3.8, 4) is 0 Å². The van der Waals surface area contributed by atoms with Gasteiger partial charge in [-0.25, -0.2) is 4.79 Å². The average Bonchev–Trinajstić information content (AvgIpc) is 2.74. The van der Waals surface area contributed by atoms with Gasteiger partial charge in [0, 0.05) is 18.6 Å². The number of benzene rings is 1. The molecule has 0 aliphatic heterocycles. The number of thiophene rings is 1. The Kier molecular flexibility index (Phi) is 4.50. The fourth-order valence-electron chi connectivity index (χ4n) is 1.80. The smallest absolute Gasteiger partial charge is 0.337 e. The van der Waals surface area contributed by atoms with E-state index < -0.39 is 5.97 Å². The molecule has 0 spiro atoms. The predicted molar refractivity (Wildman–Crippen MR) is 82.5 cm³/mol. The lowest BCUT2D eigenvalue weighted by Crippen LogP contribution is -2.19. The van der Waals surface area contributed by atoms with Crippen LogP contribution in [-0.2, 0) is 6.54 Å². The third-order valence-corrected chi connectivity index (χ3v) is 4.43. The standard InChI is InChI=1S/C13H11BrClNO2S/c1-16(6-8-4-12(14)19-7-8)11-3-2-9(15)5-10(11)13(17)18/h2-5,7H,6H2,1H3,(H,17,18). The minimum Gasteiger partial charge on any atom is -0.478 e. The molecule has 1 aromatic carbocycles. The van der Waals surface area contributed by atoms with Gasteiger partial charge in [0.2, 0.25) is 0 Å². The van der Waals surface area contributed by atoms with Crippen LogP contribution in [0.15, 0.2) is 33.4 Å². The Morgan fingerprint density at radius 1 is 1.47 bits per heavy atom. The van der Waals surface area contributed by atoms with Gasteiger partial charge >= 0.3 is 5.97 Å². The first-order chi connectivity index (χ1) is 8.97. The molecule has 0 aliphatic carbocycles. The van der Waals surface area contributed by atoms with Gasteiger partial charge < -0.3 is 10.0 Å². The lowest BCUT2D eigenvalue weighted by Gasteiger charge is -2.20. The molecular formula is C13H11BrClNO2S. The number of anilines is 1. The third-order valence-electron chi connectivity index (χ3n) is 2.64. The van der Waals surface area contributed by atoms with Crippen molar-refractivity contribution in [3.05, 3.63) is 49.6 Å². The first-order valence-electron chi connectivity index (χ1n) is 5.44. The number of halogens is 2. The number of nitrogens with zero attached hydrogens (tertiary/aromatic N) is 1. The maximum atomic E-state index is 11.2. The Morgan fingerprint density at radius 3 is 2.79 bits per heavy atom. The predicted octanol–water partition coefficient (Wildman–Crippen LogP) is 4.50. The fraction of sp³-hybridized carbons (Fsp3) is 0.154. The molecule has 2 aromatic rings. The molecule has 0 atom stereocenters. The zero-order valence-corrected chi connectivity index (χ0v) is 13.2. The number of hydrogen-bond acceptors (Lipinski definition) is 3. The Labute approximate surface area is 128 Å². The second-order valence-corrected chi connectivity index (χ2v) is 6.81.